The molecule has 1 aliphatic rings. The highest BCUT2D eigenvalue weighted by Gasteiger charge is 2.22. The zero-order chi connectivity index (χ0) is 10.7. The first kappa shape index (κ1) is 9.90. The van der Waals surface area contributed by atoms with Gasteiger partial charge in [0.05, 0.1) is 10.5 Å². The highest BCUT2D eigenvalue weighted by molar-refractivity contribution is 5.73. The third-order valence-electron chi connectivity index (χ3n) is 2.65. The molecule has 1 aliphatic carbocycles. The van der Waals surface area contributed by atoms with Gasteiger partial charge in [0.1, 0.15) is 0 Å². The molecule has 0 unspecified atom stereocenters. The maximum atomic E-state index is 11.5. The fourth-order valence-electron chi connectivity index (χ4n) is 1.92. The van der Waals surface area contributed by atoms with E-state index in [1.807, 2.05) is 18.2 Å². The minimum Gasteiger partial charge on any atom is -0.230 e. The largest absolute Gasteiger partial charge is 0.324 e. The Morgan fingerprint density at radius 2 is 2.13 bits per heavy atom. The second kappa shape index (κ2) is 4.26. The molecule has 3 nitrogen and oxygen atoms in total. The van der Waals surface area contributed by atoms with Gasteiger partial charge < -0.3 is 0 Å². The predicted octanol–water partition coefficient (Wildman–Crippen LogP) is 3.23. The van der Waals surface area contributed by atoms with Crippen LogP contribution >= 0.6 is 0 Å². The molecule has 0 atom stereocenters. The molecule has 0 saturated carbocycles. The van der Waals surface area contributed by atoms with Crippen LogP contribution in [-0.2, 0) is 4.84 Å². The van der Waals surface area contributed by atoms with E-state index in [9.17, 15) is 4.91 Å². The van der Waals surface area contributed by atoms with Gasteiger partial charge in [0.25, 0.3) is 4.92 Å². The Morgan fingerprint density at radius 1 is 1.33 bits per heavy atom. The molecule has 0 N–H and O–H groups in total. The summed E-state index contributed by atoms with van der Waals surface area (Å²) in [5.74, 6) is 0. The molecular weight excluding hydrogens is 190 g/mol. The number of nitrogens with zero attached hydrogens (tertiary/aromatic N) is 1. The average Bonchev–Trinajstić information content (AvgIpc) is 2.81. The lowest BCUT2D eigenvalue weighted by Crippen LogP contribution is -2.00. The number of allylic oxidation sites excluding steroid dienone is 2. The molecule has 0 bridgehead atoms. The number of rotatable bonds is 3. The molecular formula is C12H14NO2+. The minimum atomic E-state index is 0.564. The van der Waals surface area contributed by atoms with Crippen molar-refractivity contribution >= 4 is 11.3 Å². The van der Waals surface area contributed by atoms with E-state index in [1.165, 1.54) is 19.1 Å². The van der Waals surface area contributed by atoms with Gasteiger partial charge in [-0.3, -0.25) is 0 Å². The summed E-state index contributed by atoms with van der Waals surface area (Å²) in [5.41, 5.74) is 2.84. The highest BCUT2D eigenvalue weighted by atomic mass is 16.8. The van der Waals surface area contributed by atoms with Gasteiger partial charge in [0.15, 0.2) is 7.11 Å². The van der Waals surface area contributed by atoms with Gasteiger partial charge in [-0.15, -0.1) is 0 Å². The van der Waals surface area contributed by atoms with Crippen LogP contribution in [0.5, 0.6) is 0 Å². The summed E-state index contributed by atoms with van der Waals surface area (Å²) < 4.78 is 0. The van der Waals surface area contributed by atoms with Crippen molar-refractivity contribution < 1.29 is 9.76 Å². The van der Waals surface area contributed by atoms with Crippen LogP contribution in [0.25, 0.3) is 5.57 Å². The Hall–Kier alpha value is -1.64. The molecule has 0 amide bonds. The zero-order valence-electron chi connectivity index (χ0n) is 8.77. The Kier molecular flexibility index (Phi) is 2.81. The van der Waals surface area contributed by atoms with Gasteiger partial charge in [-0.2, -0.15) is 0 Å². The van der Waals surface area contributed by atoms with Crippen LogP contribution in [-0.4, -0.2) is 12.0 Å². The normalized spacial score (nSPS) is 14.9. The Labute approximate surface area is 88.9 Å². The number of hydrogen-bond acceptors (Lipinski definition) is 2. The third-order valence-corrected chi connectivity index (χ3v) is 2.65. The van der Waals surface area contributed by atoms with Gasteiger partial charge in [0, 0.05) is 6.07 Å². The number of para-hydroxylation sites is 1. The van der Waals surface area contributed by atoms with E-state index in [2.05, 4.69) is 10.9 Å². The van der Waals surface area contributed by atoms with E-state index in [-0.39, 0.29) is 0 Å². The van der Waals surface area contributed by atoms with E-state index >= 15 is 0 Å². The van der Waals surface area contributed by atoms with E-state index in [1.54, 1.807) is 6.07 Å². The SMILES string of the molecule is CO[N+](=O)c1ccccc1C1=CCCC1. The Bertz CT molecular complexity index is 410. The van der Waals surface area contributed by atoms with Crippen LogP contribution in [0, 0.1) is 4.91 Å². The lowest BCUT2D eigenvalue weighted by Gasteiger charge is -2.01. The average molecular weight is 204 g/mol. The van der Waals surface area contributed by atoms with Crippen molar-refractivity contribution in [1.29, 1.82) is 0 Å². The molecule has 0 spiro atoms. The molecule has 1 aromatic rings. The Morgan fingerprint density at radius 3 is 2.80 bits per heavy atom. The van der Waals surface area contributed by atoms with Gasteiger partial charge >= 0.3 is 5.69 Å². The molecule has 78 valence electrons. The second-order valence-corrected chi connectivity index (χ2v) is 3.58. The van der Waals surface area contributed by atoms with Crippen molar-refractivity contribution in [3.8, 4) is 0 Å². The Balaban J connectivity index is 2.41. The molecule has 3 heteroatoms. The fourth-order valence-corrected chi connectivity index (χ4v) is 1.92. The zero-order valence-corrected chi connectivity index (χ0v) is 8.77. The van der Waals surface area contributed by atoms with Crippen molar-refractivity contribution in [2.24, 2.45) is 0 Å². The van der Waals surface area contributed by atoms with Crippen LogP contribution in [0.1, 0.15) is 24.8 Å². The third kappa shape index (κ3) is 1.91. The molecule has 0 heterocycles. The first-order chi connectivity index (χ1) is 7.33. The van der Waals surface area contributed by atoms with Crippen LogP contribution in [0.3, 0.4) is 0 Å². The summed E-state index contributed by atoms with van der Waals surface area (Å²) in [6.45, 7) is 0. The highest BCUT2D eigenvalue weighted by Crippen LogP contribution is 2.33. The van der Waals surface area contributed by atoms with E-state index in [0.29, 0.717) is 10.6 Å². The van der Waals surface area contributed by atoms with Crippen molar-refractivity contribution in [1.82, 2.24) is 0 Å². The molecule has 0 radical (unpaired) electrons. The molecule has 1 aromatic carbocycles. The van der Waals surface area contributed by atoms with Gasteiger partial charge in [-0.05, 0) is 30.9 Å². The van der Waals surface area contributed by atoms with Crippen LogP contribution in [0.2, 0.25) is 0 Å². The lowest BCUT2D eigenvalue weighted by atomic mass is 10.0. The summed E-state index contributed by atoms with van der Waals surface area (Å²) in [6.07, 6.45) is 5.53. The first-order valence-electron chi connectivity index (χ1n) is 5.12. The molecule has 0 aromatic heterocycles. The van der Waals surface area contributed by atoms with E-state index in [4.69, 9.17) is 0 Å². The van der Waals surface area contributed by atoms with E-state index < -0.39 is 0 Å². The van der Waals surface area contributed by atoms with Crippen LogP contribution in [0.4, 0.5) is 5.69 Å². The maximum Gasteiger partial charge on any atom is 0.324 e. The standard InChI is InChI=1S/C12H14NO2/c1-15-13(14)12-9-5-4-8-11(12)10-6-2-3-7-10/h4-6,8-9H,2-3,7H2,1H3/q+1. The fraction of sp³-hybridized carbons (Fsp3) is 0.333. The van der Waals surface area contributed by atoms with Crippen molar-refractivity contribution in [3.63, 3.8) is 0 Å². The van der Waals surface area contributed by atoms with Gasteiger partial charge in [0.2, 0.25) is 0 Å². The van der Waals surface area contributed by atoms with Gasteiger partial charge in [-0.25, -0.2) is 4.84 Å². The maximum absolute atomic E-state index is 11.5. The molecule has 0 saturated heterocycles. The van der Waals surface area contributed by atoms with E-state index in [0.717, 1.165) is 18.4 Å². The lowest BCUT2D eigenvalue weighted by molar-refractivity contribution is -0.736. The quantitative estimate of drug-likeness (QED) is 0.707. The topological polar surface area (TPSA) is 29.3 Å². The predicted molar refractivity (Wildman–Crippen MR) is 58.6 cm³/mol. The molecule has 0 fully saturated rings. The summed E-state index contributed by atoms with van der Waals surface area (Å²) in [5, 5.41) is 0. The minimum absolute atomic E-state index is 0.564. The molecule has 0 aliphatic heterocycles. The number of hydrogen-bond donors (Lipinski definition) is 0. The van der Waals surface area contributed by atoms with Crippen molar-refractivity contribution in [2.45, 2.75) is 19.3 Å². The summed E-state index contributed by atoms with van der Waals surface area (Å²) in [7, 11) is 1.38. The molecule has 2 rings (SSSR count). The molecule has 15 heavy (non-hydrogen) atoms. The van der Waals surface area contributed by atoms with Crippen molar-refractivity contribution in [2.75, 3.05) is 7.11 Å². The summed E-state index contributed by atoms with van der Waals surface area (Å²) >= 11 is 0. The monoisotopic (exact) mass is 204 g/mol. The smallest absolute Gasteiger partial charge is 0.230 e. The van der Waals surface area contributed by atoms with Gasteiger partial charge in [-0.1, -0.05) is 18.2 Å². The first-order valence-corrected chi connectivity index (χ1v) is 5.12. The number of benzene rings is 1. The second-order valence-electron chi connectivity index (χ2n) is 3.58. The van der Waals surface area contributed by atoms with Crippen LogP contribution < -0.4 is 0 Å². The summed E-state index contributed by atoms with van der Waals surface area (Å²) in [6, 6.07) is 7.54. The van der Waals surface area contributed by atoms with Crippen LogP contribution in [0.15, 0.2) is 30.3 Å². The summed E-state index contributed by atoms with van der Waals surface area (Å²) in [4.78, 5) is 16.7. The van der Waals surface area contributed by atoms with Crippen molar-refractivity contribution in [3.05, 3.63) is 40.8 Å².